The molecule has 0 radical (unpaired) electrons. The SMILES string of the molecule is CN1CC(F)(F)C[C@H]1COc1nc(N2CC3CCNCC2C3)c2c3c(c(-c4ncc(F)c5sc(N)c(C#N)c45)c(F)c2n1)COC3. The molecule has 0 aliphatic carbocycles. The fourth-order valence-corrected chi connectivity index (χ4v) is 8.49. The van der Waals surface area contributed by atoms with Crippen molar-refractivity contribution in [1.29, 1.82) is 5.26 Å². The Balaban J connectivity index is 1.34. The van der Waals surface area contributed by atoms with Crippen molar-refractivity contribution in [1.82, 2.24) is 25.2 Å². The van der Waals surface area contributed by atoms with E-state index in [2.05, 4.69) is 20.2 Å². The summed E-state index contributed by atoms with van der Waals surface area (Å²) in [5.41, 5.74) is 7.36. The van der Waals surface area contributed by atoms with Crippen molar-refractivity contribution < 1.29 is 27.0 Å². The summed E-state index contributed by atoms with van der Waals surface area (Å²) in [5.74, 6) is -3.33. The fourth-order valence-electron chi connectivity index (χ4n) is 7.57. The van der Waals surface area contributed by atoms with E-state index >= 15 is 4.39 Å². The lowest BCUT2D eigenvalue weighted by Crippen LogP contribution is -2.40. The zero-order valence-electron chi connectivity index (χ0n) is 24.9. The first-order valence-electron chi connectivity index (χ1n) is 15.2. The van der Waals surface area contributed by atoms with Crippen molar-refractivity contribution in [3.63, 3.8) is 0 Å². The monoisotopic (exact) mass is 654 g/mol. The van der Waals surface area contributed by atoms with E-state index in [0.29, 0.717) is 34.8 Å². The van der Waals surface area contributed by atoms with Crippen molar-refractivity contribution in [2.45, 2.75) is 50.5 Å². The third-order valence-electron chi connectivity index (χ3n) is 9.73. The molecule has 3 fully saturated rings. The first-order valence-corrected chi connectivity index (χ1v) is 16.0. The number of nitrogens with one attached hydrogen (secondary N) is 1. The van der Waals surface area contributed by atoms with Crippen LogP contribution in [0.5, 0.6) is 6.01 Å². The van der Waals surface area contributed by atoms with Gasteiger partial charge in [0, 0.05) is 42.5 Å². The van der Waals surface area contributed by atoms with Crippen LogP contribution >= 0.6 is 11.3 Å². The van der Waals surface area contributed by atoms with Crippen LogP contribution in [0.3, 0.4) is 0 Å². The van der Waals surface area contributed by atoms with Gasteiger partial charge < -0.3 is 25.4 Å². The van der Waals surface area contributed by atoms with Crippen molar-refractivity contribution in [2.24, 2.45) is 5.92 Å². The Morgan fingerprint density at radius 1 is 1.24 bits per heavy atom. The van der Waals surface area contributed by atoms with Crippen molar-refractivity contribution in [2.75, 3.05) is 50.5 Å². The second kappa shape index (κ2) is 10.9. The Labute approximate surface area is 265 Å². The molecule has 3 saturated heterocycles. The van der Waals surface area contributed by atoms with Gasteiger partial charge in [-0.25, -0.2) is 17.6 Å². The number of hydrogen-bond donors (Lipinski definition) is 2. The Hall–Kier alpha value is -3.84. The molecule has 10 nitrogen and oxygen atoms in total. The maximum absolute atomic E-state index is 17.2. The van der Waals surface area contributed by atoms with E-state index in [1.54, 1.807) is 7.05 Å². The highest BCUT2D eigenvalue weighted by Crippen LogP contribution is 2.47. The lowest BCUT2D eigenvalue weighted by Gasteiger charge is -2.29. The summed E-state index contributed by atoms with van der Waals surface area (Å²) in [7, 11) is 1.61. The number of nitrogen functional groups attached to an aromatic ring is 1. The van der Waals surface area contributed by atoms with Crippen LogP contribution in [-0.4, -0.2) is 77.7 Å². The molecular weight excluding hydrogens is 624 g/mol. The van der Waals surface area contributed by atoms with Crippen LogP contribution in [0.15, 0.2) is 6.20 Å². The number of thiophene rings is 1. The van der Waals surface area contributed by atoms with Gasteiger partial charge >= 0.3 is 6.01 Å². The van der Waals surface area contributed by atoms with E-state index in [0.717, 1.165) is 43.5 Å². The summed E-state index contributed by atoms with van der Waals surface area (Å²) >= 11 is 0.903. The number of rotatable bonds is 5. The number of anilines is 2. The fraction of sp³-hybridized carbons (Fsp3) is 0.484. The van der Waals surface area contributed by atoms with Crippen LogP contribution < -0.4 is 20.7 Å². The van der Waals surface area contributed by atoms with Crippen LogP contribution in [0.2, 0.25) is 0 Å². The van der Waals surface area contributed by atoms with Crippen molar-refractivity contribution in [3.8, 4) is 23.3 Å². The van der Waals surface area contributed by atoms with Gasteiger partial charge in [-0.1, -0.05) is 0 Å². The average Bonchev–Trinajstić information content (AvgIpc) is 3.75. The molecule has 3 N–H and O–H groups in total. The Bertz CT molecular complexity index is 1950. The third-order valence-corrected chi connectivity index (χ3v) is 10.8. The van der Waals surface area contributed by atoms with Gasteiger partial charge in [0.1, 0.15) is 29.0 Å². The summed E-state index contributed by atoms with van der Waals surface area (Å²) < 4.78 is 72.3. The van der Waals surface area contributed by atoms with Gasteiger partial charge in [-0.3, -0.25) is 9.88 Å². The number of benzene rings is 1. The number of likely N-dealkylation sites (N-methyl/N-ethyl adjacent to an activating group) is 1. The minimum Gasteiger partial charge on any atom is -0.462 e. The van der Waals surface area contributed by atoms with Crippen molar-refractivity contribution >= 4 is 43.1 Å². The van der Waals surface area contributed by atoms with Crippen LogP contribution in [0.1, 0.15) is 36.0 Å². The Morgan fingerprint density at radius 3 is 2.85 bits per heavy atom. The molecule has 46 heavy (non-hydrogen) atoms. The van der Waals surface area contributed by atoms with E-state index in [1.165, 1.54) is 4.90 Å². The smallest absolute Gasteiger partial charge is 0.319 e. The molecular formula is C31H30F4N8O2S. The maximum atomic E-state index is 17.2. The molecule has 3 atom stereocenters. The summed E-state index contributed by atoms with van der Waals surface area (Å²) in [6.07, 6.45) is 2.57. The molecule has 240 valence electrons. The normalized spacial score (nSPS) is 24.1. The molecule has 4 aromatic rings. The topological polar surface area (TPSA) is 125 Å². The molecule has 1 aromatic carbocycles. The average molecular weight is 655 g/mol. The van der Waals surface area contributed by atoms with Crippen LogP contribution in [0.25, 0.3) is 32.2 Å². The second-order valence-electron chi connectivity index (χ2n) is 12.6. The lowest BCUT2D eigenvalue weighted by molar-refractivity contribution is 0.0136. The Morgan fingerprint density at radius 2 is 2.07 bits per heavy atom. The van der Waals surface area contributed by atoms with Gasteiger partial charge in [-0.05, 0) is 43.5 Å². The number of aromatic nitrogens is 3. The number of pyridine rings is 1. The summed E-state index contributed by atoms with van der Waals surface area (Å²) in [4.78, 5) is 17.4. The standard InChI is InChI=1S/C31H30F4N8O2S/c1-42-13-31(34,35)5-16(42)10-45-30-40-26-23(29(41-30)43-9-14-2-3-38-7-15(43)4-14)19-12-44-11-18(19)21(24(26)33)25-22-17(6-36)28(37)46-27(22)20(32)8-39-25/h8,14-16,38H,2-5,7,9-13,37H2,1H3/t14?,15?,16-/m0/s1. The van der Waals surface area contributed by atoms with E-state index in [9.17, 15) is 18.4 Å². The van der Waals surface area contributed by atoms with Gasteiger partial charge in [0.05, 0.1) is 47.3 Å². The number of alkyl halides is 2. The highest BCUT2D eigenvalue weighted by Gasteiger charge is 2.44. The molecule has 4 aliphatic rings. The second-order valence-corrected chi connectivity index (χ2v) is 13.7. The predicted octanol–water partition coefficient (Wildman–Crippen LogP) is 4.58. The number of halogens is 4. The summed E-state index contributed by atoms with van der Waals surface area (Å²) in [6, 6.07) is 1.42. The molecule has 0 amide bonds. The van der Waals surface area contributed by atoms with Gasteiger partial charge in [0.25, 0.3) is 5.92 Å². The largest absolute Gasteiger partial charge is 0.462 e. The number of fused-ring (bicyclic) bond motifs is 6. The third kappa shape index (κ3) is 4.64. The molecule has 4 aliphatic heterocycles. The van der Waals surface area contributed by atoms with Gasteiger partial charge in [-0.15, -0.1) is 11.3 Å². The van der Waals surface area contributed by atoms with Gasteiger partial charge in [0.2, 0.25) is 0 Å². The number of likely N-dealkylation sites (tertiary alicyclic amines) is 1. The number of nitrogens with two attached hydrogens (primary N) is 1. The zero-order chi connectivity index (χ0) is 31.9. The lowest BCUT2D eigenvalue weighted by atomic mass is 9.93. The molecule has 8 rings (SSSR count). The molecule has 0 spiro atoms. The zero-order valence-corrected chi connectivity index (χ0v) is 25.7. The quantitative estimate of drug-likeness (QED) is 0.296. The predicted molar refractivity (Wildman–Crippen MR) is 164 cm³/mol. The number of ether oxygens (including phenoxy) is 2. The maximum Gasteiger partial charge on any atom is 0.319 e. The highest BCUT2D eigenvalue weighted by atomic mass is 32.1. The van der Waals surface area contributed by atoms with E-state index in [4.69, 9.17) is 20.2 Å². The van der Waals surface area contributed by atoms with Gasteiger partial charge in [0.15, 0.2) is 11.6 Å². The van der Waals surface area contributed by atoms with Crippen LogP contribution in [-0.2, 0) is 18.0 Å². The molecule has 0 saturated carbocycles. The highest BCUT2D eigenvalue weighted by molar-refractivity contribution is 7.23. The van der Waals surface area contributed by atoms with Crippen molar-refractivity contribution in [3.05, 3.63) is 34.5 Å². The molecule has 2 bridgehead atoms. The number of hydrogen-bond acceptors (Lipinski definition) is 11. The van der Waals surface area contributed by atoms with E-state index < -0.39 is 23.6 Å². The molecule has 15 heteroatoms. The minimum atomic E-state index is -2.83. The van der Waals surface area contributed by atoms with Gasteiger partial charge in [-0.2, -0.15) is 15.2 Å². The minimum absolute atomic E-state index is 0.0203. The molecule has 2 unspecified atom stereocenters. The first-order chi connectivity index (χ1) is 22.1. The number of nitrogens with zero attached hydrogens (tertiary/aromatic N) is 6. The Kier molecular flexibility index (Phi) is 6.98. The van der Waals surface area contributed by atoms with Crippen LogP contribution in [0.4, 0.5) is 28.4 Å². The summed E-state index contributed by atoms with van der Waals surface area (Å²) in [6.45, 7) is 2.10. The van der Waals surface area contributed by atoms with E-state index in [-0.39, 0.29) is 82.3 Å². The summed E-state index contributed by atoms with van der Waals surface area (Å²) in [5, 5.41) is 14.1. The number of nitriles is 1. The molecule has 7 heterocycles. The van der Waals surface area contributed by atoms with Crippen LogP contribution in [0, 0.1) is 28.9 Å². The first kappa shape index (κ1) is 29.6. The van der Waals surface area contributed by atoms with E-state index in [1.807, 2.05) is 6.07 Å². The molecule has 3 aromatic heterocycles.